The summed E-state index contributed by atoms with van der Waals surface area (Å²) in [5.74, 6) is 0.758. The molecule has 2 aromatic carbocycles. The van der Waals surface area contributed by atoms with Crippen LogP contribution in [0, 0.1) is 5.82 Å². The van der Waals surface area contributed by atoms with Crippen LogP contribution < -0.4 is 5.32 Å². The van der Waals surface area contributed by atoms with Crippen LogP contribution in [0.1, 0.15) is 24.9 Å². The summed E-state index contributed by atoms with van der Waals surface area (Å²) in [5, 5.41) is 3.53. The number of halogens is 1. The molecule has 0 fully saturated rings. The molecule has 3 heteroatoms. The molecule has 2 aromatic rings. The third kappa shape index (κ3) is 4.66. The van der Waals surface area contributed by atoms with Gasteiger partial charge in [-0.3, -0.25) is 0 Å². The summed E-state index contributed by atoms with van der Waals surface area (Å²) >= 11 is 1.82. The lowest BCUT2D eigenvalue weighted by Gasteiger charge is -2.18. The molecule has 20 heavy (non-hydrogen) atoms. The van der Waals surface area contributed by atoms with Gasteiger partial charge in [0.1, 0.15) is 5.82 Å². The van der Waals surface area contributed by atoms with Gasteiger partial charge in [-0.25, -0.2) is 4.39 Å². The highest BCUT2D eigenvalue weighted by molar-refractivity contribution is 7.99. The molecule has 0 heterocycles. The van der Waals surface area contributed by atoms with Crippen LogP contribution in [0.15, 0.2) is 59.5 Å². The Kier molecular flexibility index (Phi) is 6.09. The quantitative estimate of drug-likeness (QED) is 0.744. The summed E-state index contributed by atoms with van der Waals surface area (Å²) in [5.41, 5.74) is 1.14. The Balaban J connectivity index is 2.01. The molecule has 0 aliphatic rings. The molecule has 0 spiro atoms. The van der Waals surface area contributed by atoms with Crippen LogP contribution in [0.25, 0.3) is 0 Å². The summed E-state index contributed by atoms with van der Waals surface area (Å²) < 4.78 is 13.0. The van der Waals surface area contributed by atoms with Gasteiger partial charge in [-0.2, -0.15) is 0 Å². The van der Waals surface area contributed by atoms with E-state index in [4.69, 9.17) is 0 Å². The molecule has 106 valence electrons. The fourth-order valence-corrected chi connectivity index (χ4v) is 3.00. The van der Waals surface area contributed by atoms with Crippen molar-refractivity contribution in [2.45, 2.75) is 24.3 Å². The molecule has 1 N–H and O–H groups in total. The van der Waals surface area contributed by atoms with Crippen molar-refractivity contribution in [1.82, 2.24) is 5.32 Å². The van der Waals surface area contributed by atoms with Crippen LogP contribution in [0.3, 0.4) is 0 Å². The van der Waals surface area contributed by atoms with Gasteiger partial charge in [0.15, 0.2) is 0 Å². The monoisotopic (exact) mass is 289 g/mol. The molecule has 0 aromatic heterocycles. The van der Waals surface area contributed by atoms with Crippen molar-refractivity contribution in [2.24, 2.45) is 0 Å². The molecule has 1 unspecified atom stereocenters. The van der Waals surface area contributed by atoms with E-state index in [1.54, 1.807) is 0 Å². The van der Waals surface area contributed by atoms with Crippen molar-refractivity contribution in [2.75, 3.05) is 12.3 Å². The van der Waals surface area contributed by atoms with Crippen molar-refractivity contribution in [3.05, 3.63) is 66.0 Å². The van der Waals surface area contributed by atoms with Crippen molar-refractivity contribution in [3.8, 4) is 0 Å². The van der Waals surface area contributed by atoms with Gasteiger partial charge in [0, 0.05) is 16.7 Å². The van der Waals surface area contributed by atoms with E-state index in [1.165, 1.54) is 17.0 Å². The first-order valence-corrected chi connectivity index (χ1v) is 7.95. The summed E-state index contributed by atoms with van der Waals surface area (Å²) in [6, 6.07) is 17.4. The Morgan fingerprint density at radius 2 is 1.75 bits per heavy atom. The first-order chi connectivity index (χ1) is 9.79. The third-order valence-electron chi connectivity index (χ3n) is 3.07. The van der Waals surface area contributed by atoms with Gasteiger partial charge >= 0.3 is 0 Å². The van der Waals surface area contributed by atoms with Gasteiger partial charge < -0.3 is 5.32 Å². The third-order valence-corrected chi connectivity index (χ3v) is 4.18. The Labute approximate surface area is 124 Å². The Morgan fingerprint density at radius 1 is 1.05 bits per heavy atom. The van der Waals surface area contributed by atoms with E-state index in [9.17, 15) is 4.39 Å². The second kappa shape index (κ2) is 8.08. The Hall–Kier alpha value is -1.32. The first-order valence-electron chi connectivity index (χ1n) is 6.96. The molecule has 2 rings (SSSR count). The average molecular weight is 289 g/mol. The molecule has 0 bridgehead atoms. The Bertz CT molecular complexity index is 498. The van der Waals surface area contributed by atoms with Gasteiger partial charge in [-0.05, 0) is 42.8 Å². The minimum Gasteiger partial charge on any atom is -0.309 e. The molecule has 0 aliphatic heterocycles. The van der Waals surface area contributed by atoms with Crippen molar-refractivity contribution >= 4 is 11.8 Å². The fourth-order valence-electron chi connectivity index (χ4n) is 1.98. The number of benzene rings is 2. The topological polar surface area (TPSA) is 12.0 Å². The van der Waals surface area contributed by atoms with E-state index >= 15 is 0 Å². The fraction of sp³-hybridized carbons (Fsp3) is 0.294. The minimum atomic E-state index is -0.182. The van der Waals surface area contributed by atoms with E-state index in [2.05, 4.69) is 36.5 Å². The molecular weight excluding hydrogens is 269 g/mol. The number of nitrogens with one attached hydrogen (secondary N) is 1. The van der Waals surface area contributed by atoms with E-state index in [0.29, 0.717) is 0 Å². The van der Waals surface area contributed by atoms with E-state index in [0.717, 1.165) is 24.3 Å². The standard InChI is InChI=1S/C17H20FNS/c1-2-12-19-17(14-8-10-15(18)11-9-14)13-20-16-6-4-3-5-7-16/h3-11,17,19H,2,12-13H2,1H3. The maximum atomic E-state index is 13.0. The predicted octanol–water partition coefficient (Wildman–Crippen LogP) is 4.66. The van der Waals surface area contributed by atoms with Gasteiger partial charge in [0.2, 0.25) is 0 Å². The van der Waals surface area contributed by atoms with E-state index in [-0.39, 0.29) is 11.9 Å². The smallest absolute Gasteiger partial charge is 0.123 e. The predicted molar refractivity (Wildman–Crippen MR) is 84.6 cm³/mol. The zero-order chi connectivity index (χ0) is 14.2. The number of hydrogen-bond donors (Lipinski definition) is 1. The largest absolute Gasteiger partial charge is 0.309 e. The van der Waals surface area contributed by atoms with Gasteiger partial charge in [0.05, 0.1) is 0 Å². The molecule has 1 nitrogen and oxygen atoms in total. The molecule has 0 saturated carbocycles. The molecule has 0 radical (unpaired) electrons. The lowest BCUT2D eigenvalue weighted by Crippen LogP contribution is -2.24. The van der Waals surface area contributed by atoms with Crippen molar-refractivity contribution in [1.29, 1.82) is 0 Å². The summed E-state index contributed by atoms with van der Waals surface area (Å²) in [6.45, 7) is 3.12. The van der Waals surface area contributed by atoms with Crippen molar-refractivity contribution in [3.63, 3.8) is 0 Å². The normalized spacial score (nSPS) is 12.3. The average Bonchev–Trinajstić information content (AvgIpc) is 2.50. The SMILES string of the molecule is CCCNC(CSc1ccccc1)c1ccc(F)cc1. The van der Waals surface area contributed by atoms with Crippen LogP contribution in [-0.4, -0.2) is 12.3 Å². The van der Waals surface area contributed by atoms with Crippen LogP contribution in [-0.2, 0) is 0 Å². The van der Waals surface area contributed by atoms with Crippen LogP contribution in [0.2, 0.25) is 0 Å². The molecule has 0 aliphatic carbocycles. The first kappa shape index (κ1) is 15.1. The van der Waals surface area contributed by atoms with Crippen LogP contribution >= 0.6 is 11.8 Å². The van der Waals surface area contributed by atoms with Gasteiger partial charge in [-0.1, -0.05) is 37.3 Å². The molecule has 0 amide bonds. The van der Waals surface area contributed by atoms with Crippen molar-refractivity contribution < 1.29 is 4.39 Å². The summed E-state index contributed by atoms with van der Waals surface area (Å²) in [7, 11) is 0. The highest BCUT2D eigenvalue weighted by Gasteiger charge is 2.11. The van der Waals surface area contributed by atoms with Gasteiger partial charge in [-0.15, -0.1) is 11.8 Å². The lowest BCUT2D eigenvalue weighted by atomic mass is 10.1. The Morgan fingerprint density at radius 3 is 2.40 bits per heavy atom. The lowest BCUT2D eigenvalue weighted by molar-refractivity contribution is 0.574. The number of rotatable bonds is 7. The zero-order valence-corrected chi connectivity index (χ0v) is 12.5. The highest BCUT2D eigenvalue weighted by Crippen LogP contribution is 2.24. The highest BCUT2D eigenvalue weighted by atomic mass is 32.2. The number of hydrogen-bond acceptors (Lipinski definition) is 2. The van der Waals surface area contributed by atoms with Crippen LogP contribution in [0.4, 0.5) is 4.39 Å². The number of thioether (sulfide) groups is 1. The molecule has 0 saturated heterocycles. The van der Waals surface area contributed by atoms with Crippen LogP contribution in [0.5, 0.6) is 0 Å². The second-order valence-electron chi connectivity index (χ2n) is 4.68. The van der Waals surface area contributed by atoms with E-state index < -0.39 is 0 Å². The second-order valence-corrected chi connectivity index (χ2v) is 5.78. The molecule has 1 atom stereocenters. The summed E-state index contributed by atoms with van der Waals surface area (Å²) in [6.07, 6.45) is 1.09. The zero-order valence-electron chi connectivity index (χ0n) is 11.7. The minimum absolute atomic E-state index is 0.182. The molecular formula is C17H20FNS. The van der Waals surface area contributed by atoms with Gasteiger partial charge in [0.25, 0.3) is 0 Å². The maximum absolute atomic E-state index is 13.0. The maximum Gasteiger partial charge on any atom is 0.123 e. The van der Waals surface area contributed by atoms with E-state index in [1.807, 2.05) is 30.0 Å². The summed E-state index contributed by atoms with van der Waals surface area (Å²) in [4.78, 5) is 1.26.